The zero-order chi connectivity index (χ0) is 23.5. The number of nitrogens with zero attached hydrogens (tertiary/aromatic N) is 3. The van der Waals surface area contributed by atoms with Crippen molar-refractivity contribution >= 4 is 22.5 Å². The van der Waals surface area contributed by atoms with Gasteiger partial charge in [-0.1, -0.05) is 18.2 Å². The molecule has 0 fully saturated rings. The van der Waals surface area contributed by atoms with Gasteiger partial charge in [-0.3, -0.25) is 4.79 Å². The van der Waals surface area contributed by atoms with Crippen LogP contribution < -0.4 is 4.74 Å². The summed E-state index contributed by atoms with van der Waals surface area (Å²) < 4.78 is 20.1. The van der Waals surface area contributed by atoms with Gasteiger partial charge in [0, 0.05) is 49.0 Å². The molecule has 33 heavy (non-hydrogen) atoms. The summed E-state index contributed by atoms with van der Waals surface area (Å²) in [5.74, 6) is -0.244. The number of likely N-dealkylation sites (N-methyl/N-ethyl adjacent to an activating group) is 2. The summed E-state index contributed by atoms with van der Waals surface area (Å²) in [5.41, 5.74) is 4.21. The molecule has 0 radical (unpaired) electrons. The first-order valence-corrected chi connectivity index (χ1v) is 11.0. The number of ether oxygens (including phenoxy) is 1. The predicted molar refractivity (Wildman–Crippen MR) is 130 cm³/mol. The van der Waals surface area contributed by atoms with Gasteiger partial charge in [0.2, 0.25) is 5.91 Å². The molecule has 0 spiro atoms. The Morgan fingerprint density at radius 3 is 2.76 bits per heavy atom. The second-order valence-corrected chi connectivity index (χ2v) is 8.62. The minimum absolute atomic E-state index is 0.0806. The maximum absolute atomic E-state index is 14.6. The topological polar surface area (TPSA) is 61.5 Å². The van der Waals surface area contributed by atoms with E-state index in [9.17, 15) is 9.18 Å². The summed E-state index contributed by atoms with van der Waals surface area (Å²) in [6.45, 7) is 1.35. The van der Waals surface area contributed by atoms with Crippen molar-refractivity contribution in [1.82, 2.24) is 19.8 Å². The van der Waals surface area contributed by atoms with Crippen LogP contribution in [0.25, 0.3) is 27.7 Å². The quantitative estimate of drug-likeness (QED) is 0.578. The third kappa shape index (κ3) is 4.83. The number of carbonyl (C=O) groups is 1. The molecular weight excluding hydrogens is 419 g/mol. The van der Waals surface area contributed by atoms with Crippen LogP contribution >= 0.6 is 0 Å². The molecule has 7 heteroatoms. The molecule has 0 saturated carbocycles. The molecule has 1 amide bonds. The minimum Gasteiger partial charge on any atom is -0.496 e. The molecule has 172 valence electrons. The number of methoxy groups -OCH3 is 1. The normalized spacial score (nSPS) is 16.0. The number of hydrogen-bond acceptors (Lipinski definition) is 4. The molecule has 0 saturated heterocycles. The van der Waals surface area contributed by atoms with Gasteiger partial charge in [-0.25, -0.2) is 9.37 Å². The number of pyridine rings is 1. The summed E-state index contributed by atoms with van der Waals surface area (Å²) in [5, 5.41) is 0.916. The summed E-state index contributed by atoms with van der Waals surface area (Å²) in [4.78, 5) is 24.4. The lowest BCUT2D eigenvalue weighted by Gasteiger charge is -2.25. The number of rotatable bonds is 7. The van der Waals surface area contributed by atoms with Gasteiger partial charge < -0.3 is 19.5 Å². The van der Waals surface area contributed by atoms with Crippen molar-refractivity contribution in [2.45, 2.75) is 6.42 Å². The number of benzene rings is 1. The van der Waals surface area contributed by atoms with E-state index in [0.29, 0.717) is 13.0 Å². The van der Waals surface area contributed by atoms with Crippen LogP contribution in [0.15, 0.2) is 60.7 Å². The van der Waals surface area contributed by atoms with Gasteiger partial charge in [-0.15, -0.1) is 0 Å². The lowest BCUT2D eigenvalue weighted by molar-refractivity contribution is -0.132. The maximum atomic E-state index is 14.6. The van der Waals surface area contributed by atoms with Crippen molar-refractivity contribution in [3.05, 3.63) is 66.3 Å². The van der Waals surface area contributed by atoms with E-state index in [1.54, 1.807) is 25.3 Å². The summed E-state index contributed by atoms with van der Waals surface area (Å²) in [7, 11) is 7.33. The highest BCUT2D eigenvalue weighted by Crippen LogP contribution is 2.37. The highest BCUT2D eigenvalue weighted by atomic mass is 19.1. The molecule has 2 aromatic heterocycles. The molecule has 6 nitrogen and oxygen atoms in total. The standard InChI is InChI=1S/C26H29FN4O2/c1-30(2)9-10-31(3)26(32)18-11-17(12-20(27)13-18)19-14-22-23(16-29-25(22)28-15-19)21-7-5-6-8-24(21)33-4/h5-8,12-16,18H,9-11H2,1-4H3,(H,28,29). The first kappa shape index (κ1) is 22.7. The van der Waals surface area contributed by atoms with Crippen LogP contribution in [0.3, 0.4) is 0 Å². The van der Waals surface area contributed by atoms with Crippen LogP contribution in [0.4, 0.5) is 4.39 Å². The number of halogens is 1. The first-order valence-electron chi connectivity index (χ1n) is 11.0. The molecule has 4 rings (SSSR count). The van der Waals surface area contributed by atoms with Crippen LogP contribution in [-0.2, 0) is 4.79 Å². The number of fused-ring (bicyclic) bond motifs is 1. The molecule has 1 aromatic carbocycles. The Morgan fingerprint density at radius 2 is 2.00 bits per heavy atom. The Hall–Kier alpha value is -3.45. The van der Waals surface area contributed by atoms with Crippen LogP contribution in [0.2, 0.25) is 0 Å². The molecule has 3 aromatic rings. The maximum Gasteiger partial charge on any atom is 0.229 e. The third-order valence-corrected chi connectivity index (χ3v) is 5.99. The van der Waals surface area contributed by atoms with Crippen LogP contribution in [0.1, 0.15) is 12.0 Å². The molecule has 1 unspecified atom stereocenters. The summed E-state index contributed by atoms with van der Waals surface area (Å²) in [6.07, 6.45) is 6.98. The molecule has 1 N–H and O–H groups in total. The van der Waals surface area contributed by atoms with Gasteiger partial charge in [0.1, 0.15) is 17.2 Å². The molecule has 1 aliphatic carbocycles. The number of para-hydroxylation sites is 1. The lowest BCUT2D eigenvalue weighted by atomic mass is 9.88. The molecule has 0 aliphatic heterocycles. The zero-order valence-corrected chi connectivity index (χ0v) is 19.4. The second kappa shape index (κ2) is 9.58. The van der Waals surface area contributed by atoms with E-state index in [1.807, 2.05) is 55.5 Å². The highest BCUT2D eigenvalue weighted by Gasteiger charge is 2.26. The lowest BCUT2D eigenvalue weighted by Crippen LogP contribution is -2.37. The average Bonchev–Trinajstić information content (AvgIpc) is 3.24. The number of hydrogen-bond donors (Lipinski definition) is 1. The van der Waals surface area contributed by atoms with Crippen LogP contribution in [0.5, 0.6) is 5.75 Å². The van der Waals surface area contributed by atoms with Gasteiger partial charge >= 0.3 is 0 Å². The van der Waals surface area contributed by atoms with Crippen molar-refractivity contribution in [3.8, 4) is 16.9 Å². The van der Waals surface area contributed by atoms with E-state index < -0.39 is 11.7 Å². The second-order valence-electron chi connectivity index (χ2n) is 8.62. The zero-order valence-electron chi connectivity index (χ0n) is 19.4. The molecule has 2 heterocycles. The van der Waals surface area contributed by atoms with Crippen molar-refractivity contribution < 1.29 is 13.9 Å². The van der Waals surface area contributed by atoms with Crippen LogP contribution in [-0.4, -0.2) is 67.0 Å². The van der Waals surface area contributed by atoms with Gasteiger partial charge in [-0.05, 0) is 55.9 Å². The van der Waals surface area contributed by atoms with Crippen molar-refractivity contribution in [2.75, 3.05) is 41.3 Å². The Balaban J connectivity index is 1.64. The molecular formula is C26H29FN4O2. The number of nitrogens with one attached hydrogen (secondary N) is 1. The van der Waals surface area contributed by atoms with Gasteiger partial charge in [0.25, 0.3) is 0 Å². The van der Waals surface area contributed by atoms with E-state index in [1.165, 1.54) is 12.2 Å². The third-order valence-electron chi connectivity index (χ3n) is 5.99. The van der Waals surface area contributed by atoms with E-state index in [4.69, 9.17) is 4.74 Å². The van der Waals surface area contributed by atoms with E-state index >= 15 is 0 Å². The van der Waals surface area contributed by atoms with E-state index in [-0.39, 0.29) is 5.91 Å². The van der Waals surface area contributed by atoms with Gasteiger partial charge in [-0.2, -0.15) is 0 Å². The van der Waals surface area contributed by atoms with Gasteiger partial charge in [0.05, 0.1) is 13.0 Å². The first-order chi connectivity index (χ1) is 15.9. The largest absolute Gasteiger partial charge is 0.496 e. The van der Waals surface area contributed by atoms with Gasteiger partial charge in [0.15, 0.2) is 0 Å². The molecule has 0 bridgehead atoms. The predicted octanol–water partition coefficient (Wildman–Crippen LogP) is 4.52. The number of aromatic nitrogens is 2. The summed E-state index contributed by atoms with van der Waals surface area (Å²) >= 11 is 0. The Morgan fingerprint density at radius 1 is 1.21 bits per heavy atom. The van der Waals surface area contributed by atoms with Crippen molar-refractivity contribution in [2.24, 2.45) is 5.92 Å². The SMILES string of the molecule is COc1ccccc1-c1c[nH]c2ncc(C3=CC(F)=CC(C(=O)N(C)CCN(C)C)C3)cc12. The number of carbonyl (C=O) groups excluding carboxylic acids is 1. The average molecular weight is 449 g/mol. The fraction of sp³-hybridized carbons (Fsp3) is 0.308. The number of allylic oxidation sites excluding steroid dienone is 3. The highest BCUT2D eigenvalue weighted by molar-refractivity contribution is 5.97. The Kier molecular flexibility index (Phi) is 6.60. The monoisotopic (exact) mass is 448 g/mol. The Labute approximate surface area is 193 Å². The Bertz CT molecular complexity index is 1230. The fourth-order valence-electron chi connectivity index (χ4n) is 4.13. The molecule has 1 aliphatic rings. The van der Waals surface area contributed by atoms with E-state index in [2.05, 4.69) is 9.97 Å². The smallest absolute Gasteiger partial charge is 0.229 e. The van der Waals surface area contributed by atoms with Crippen molar-refractivity contribution in [1.29, 1.82) is 0 Å². The summed E-state index contributed by atoms with van der Waals surface area (Å²) in [6, 6.07) is 9.80. The van der Waals surface area contributed by atoms with E-state index in [0.717, 1.165) is 45.6 Å². The number of H-pyrrole nitrogens is 1. The number of amides is 1. The fourth-order valence-corrected chi connectivity index (χ4v) is 4.13. The van der Waals surface area contributed by atoms with Crippen molar-refractivity contribution in [3.63, 3.8) is 0 Å². The number of aromatic amines is 1. The molecule has 1 atom stereocenters. The van der Waals surface area contributed by atoms with Crippen LogP contribution in [0, 0.1) is 5.92 Å². The minimum atomic E-state index is -0.534.